The third kappa shape index (κ3) is 0.595. The minimum atomic E-state index is 0.818. The van der Waals surface area contributed by atoms with Crippen molar-refractivity contribution in [1.29, 1.82) is 0 Å². The fourth-order valence-electron chi connectivity index (χ4n) is 0.442. The van der Waals surface area contributed by atoms with E-state index in [0.717, 1.165) is 28.9 Å². The lowest BCUT2D eigenvalue weighted by Gasteiger charge is -1.86. The standard InChI is InChI=1S/C3H7NOSi/c6-3-4-1-2-5-3/h1-2H2,6H3. The van der Waals surface area contributed by atoms with Gasteiger partial charge in [-0.2, -0.15) is 0 Å². The third-order valence-electron chi connectivity index (χ3n) is 0.737. The molecule has 0 saturated carbocycles. The molecule has 0 amide bonds. The molecule has 0 aliphatic carbocycles. The van der Waals surface area contributed by atoms with E-state index in [1.54, 1.807) is 0 Å². The maximum absolute atomic E-state index is 4.96. The molecule has 0 aromatic heterocycles. The van der Waals surface area contributed by atoms with Gasteiger partial charge in [-0.15, -0.1) is 0 Å². The summed E-state index contributed by atoms with van der Waals surface area (Å²) in [5.41, 5.74) is 0.968. The van der Waals surface area contributed by atoms with Crippen LogP contribution in [0, 0.1) is 0 Å². The zero-order valence-electron chi connectivity index (χ0n) is 3.77. The van der Waals surface area contributed by atoms with Crippen molar-refractivity contribution in [1.82, 2.24) is 0 Å². The minimum Gasteiger partial charge on any atom is -0.485 e. The molecule has 0 saturated heterocycles. The van der Waals surface area contributed by atoms with Crippen LogP contribution < -0.4 is 0 Å². The molecule has 0 aromatic carbocycles. The smallest absolute Gasteiger partial charge is 0.144 e. The average molecular weight is 101 g/mol. The van der Waals surface area contributed by atoms with Crippen molar-refractivity contribution in [2.24, 2.45) is 4.99 Å². The van der Waals surface area contributed by atoms with E-state index in [1.807, 2.05) is 0 Å². The monoisotopic (exact) mass is 101 g/mol. The SMILES string of the molecule is [SiH3]C1=NCCO1. The number of hydrogen-bond acceptors (Lipinski definition) is 2. The predicted octanol–water partition coefficient (Wildman–Crippen LogP) is -1.26. The Balaban J connectivity index is 2.45. The van der Waals surface area contributed by atoms with Crippen LogP contribution in [0.15, 0.2) is 4.99 Å². The first-order valence-electron chi connectivity index (χ1n) is 2.03. The highest BCUT2D eigenvalue weighted by atomic mass is 28.1. The van der Waals surface area contributed by atoms with Crippen LogP contribution in [0.25, 0.3) is 0 Å². The van der Waals surface area contributed by atoms with E-state index in [9.17, 15) is 0 Å². The lowest BCUT2D eigenvalue weighted by molar-refractivity contribution is 0.355. The lowest BCUT2D eigenvalue weighted by atomic mass is 10.8. The second kappa shape index (κ2) is 1.42. The van der Waals surface area contributed by atoms with Crippen molar-refractivity contribution in [3.63, 3.8) is 0 Å². The van der Waals surface area contributed by atoms with Gasteiger partial charge in [0.2, 0.25) is 0 Å². The Bertz CT molecular complexity index is 80.9. The first-order valence-corrected chi connectivity index (χ1v) is 3.03. The van der Waals surface area contributed by atoms with Crippen LogP contribution in [-0.2, 0) is 4.74 Å². The molecule has 1 rings (SSSR count). The van der Waals surface area contributed by atoms with Gasteiger partial charge in [-0.05, 0) is 0 Å². The molecule has 0 atom stereocenters. The molecular formula is C3H7NOSi. The van der Waals surface area contributed by atoms with E-state index < -0.39 is 0 Å². The third-order valence-corrected chi connectivity index (χ3v) is 1.34. The summed E-state index contributed by atoms with van der Waals surface area (Å²) in [6, 6.07) is 0. The number of ether oxygens (including phenoxy) is 1. The molecule has 0 unspecified atom stereocenters. The van der Waals surface area contributed by atoms with Gasteiger partial charge in [0.1, 0.15) is 22.4 Å². The highest BCUT2D eigenvalue weighted by molar-refractivity contribution is 6.57. The van der Waals surface area contributed by atoms with Gasteiger partial charge >= 0.3 is 0 Å². The Morgan fingerprint density at radius 1 is 1.83 bits per heavy atom. The Hall–Kier alpha value is -0.313. The van der Waals surface area contributed by atoms with Gasteiger partial charge in [-0.25, -0.2) is 0 Å². The van der Waals surface area contributed by atoms with Crippen LogP contribution in [-0.4, -0.2) is 28.9 Å². The summed E-state index contributed by atoms with van der Waals surface area (Å²) in [7, 11) is 0.981. The first-order chi connectivity index (χ1) is 2.89. The van der Waals surface area contributed by atoms with E-state index in [0.29, 0.717) is 0 Å². The molecule has 1 heterocycles. The summed E-state index contributed by atoms with van der Waals surface area (Å²) in [6.45, 7) is 1.71. The van der Waals surface area contributed by atoms with Crippen LogP contribution >= 0.6 is 0 Å². The lowest BCUT2D eigenvalue weighted by Crippen LogP contribution is -1.94. The summed E-state index contributed by atoms with van der Waals surface area (Å²) < 4.78 is 4.96. The molecule has 0 fully saturated rings. The number of rotatable bonds is 0. The van der Waals surface area contributed by atoms with Gasteiger partial charge in [0.15, 0.2) is 0 Å². The number of hydrogen-bond donors (Lipinski definition) is 0. The fraction of sp³-hybridized carbons (Fsp3) is 0.667. The molecular weight excluding hydrogens is 94.1 g/mol. The molecule has 0 radical (unpaired) electrons. The molecule has 1 aliphatic heterocycles. The Kier molecular flexibility index (Phi) is 0.917. The van der Waals surface area contributed by atoms with E-state index in [1.165, 1.54) is 0 Å². The summed E-state index contributed by atoms with van der Waals surface area (Å²) in [4.78, 5) is 3.99. The zero-order valence-corrected chi connectivity index (χ0v) is 5.77. The maximum atomic E-state index is 4.96. The Labute approximate surface area is 39.6 Å². The number of aliphatic imine (C=N–C) groups is 1. The van der Waals surface area contributed by atoms with Crippen molar-refractivity contribution in [2.45, 2.75) is 0 Å². The molecule has 0 spiro atoms. The Morgan fingerprint density at radius 3 is 2.83 bits per heavy atom. The predicted molar refractivity (Wildman–Crippen MR) is 28.2 cm³/mol. The molecule has 0 N–H and O–H groups in total. The van der Waals surface area contributed by atoms with E-state index >= 15 is 0 Å². The minimum absolute atomic E-state index is 0.818. The zero-order chi connectivity index (χ0) is 4.41. The van der Waals surface area contributed by atoms with Crippen molar-refractivity contribution in [3.05, 3.63) is 0 Å². The van der Waals surface area contributed by atoms with Crippen molar-refractivity contribution in [2.75, 3.05) is 13.2 Å². The molecule has 3 heteroatoms. The van der Waals surface area contributed by atoms with E-state index in [2.05, 4.69) is 4.99 Å². The molecule has 0 aromatic rings. The molecule has 6 heavy (non-hydrogen) atoms. The van der Waals surface area contributed by atoms with Crippen molar-refractivity contribution in [3.8, 4) is 0 Å². The summed E-state index contributed by atoms with van der Waals surface area (Å²) >= 11 is 0. The van der Waals surface area contributed by atoms with Crippen molar-refractivity contribution >= 4 is 15.8 Å². The largest absolute Gasteiger partial charge is 0.485 e. The second-order valence-electron chi connectivity index (χ2n) is 1.25. The van der Waals surface area contributed by atoms with Crippen LogP contribution in [0.3, 0.4) is 0 Å². The number of nitrogens with zero attached hydrogens (tertiary/aromatic N) is 1. The van der Waals surface area contributed by atoms with Crippen LogP contribution in [0.2, 0.25) is 0 Å². The normalized spacial score (nSPS) is 20.3. The summed E-state index contributed by atoms with van der Waals surface area (Å²) in [6.07, 6.45) is 0. The first kappa shape index (κ1) is 3.86. The Morgan fingerprint density at radius 2 is 2.67 bits per heavy atom. The fourth-order valence-corrected chi connectivity index (χ4v) is 0.870. The van der Waals surface area contributed by atoms with Crippen LogP contribution in [0.4, 0.5) is 0 Å². The second-order valence-corrected chi connectivity index (χ2v) is 2.10. The van der Waals surface area contributed by atoms with Crippen LogP contribution in [0.5, 0.6) is 0 Å². The summed E-state index contributed by atoms with van der Waals surface area (Å²) in [5.74, 6) is 0. The van der Waals surface area contributed by atoms with Crippen LogP contribution in [0.1, 0.15) is 0 Å². The van der Waals surface area contributed by atoms with Gasteiger partial charge in [0, 0.05) is 0 Å². The van der Waals surface area contributed by atoms with Gasteiger partial charge in [-0.1, -0.05) is 0 Å². The average Bonchev–Trinajstić information content (AvgIpc) is 1.86. The maximum Gasteiger partial charge on any atom is 0.144 e. The highest BCUT2D eigenvalue weighted by Gasteiger charge is 1.95. The molecule has 2 nitrogen and oxygen atoms in total. The van der Waals surface area contributed by atoms with E-state index in [-0.39, 0.29) is 0 Å². The molecule has 1 aliphatic rings. The van der Waals surface area contributed by atoms with Gasteiger partial charge in [0.05, 0.1) is 6.54 Å². The van der Waals surface area contributed by atoms with E-state index in [4.69, 9.17) is 4.74 Å². The molecule has 34 valence electrons. The quantitative estimate of drug-likeness (QED) is 0.349. The highest BCUT2D eigenvalue weighted by Crippen LogP contribution is 1.86. The summed E-state index contributed by atoms with van der Waals surface area (Å²) in [5, 5.41) is 0. The van der Waals surface area contributed by atoms with Gasteiger partial charge < -0.3 is 4.74 Å². The topological polar surface area (TPSA) is 21.6 Å². The van der Waals surface area contributed by atoms with Crippen molar-refractivity contribution < 1.29 is 4.74 Å². The molecule has 0 bridgehead atoms. The van der Waals surface area contributed by atoms with Gasteiger partial charge in [0.25, 0.3) is 0 Å². The van der Waals surface area contributed by atoms with Gasteiger partial charge in [-0.3, -0.25) is 4.99 Å².